The van der Waals surface area contributed by atoms with E-state index in [1.54, 1.807) is 30.0 Å². The van der Waals surface area contributed by atoms with Gasteiger partial charge in [0.05, 0.1) is 25.0 Å². The van der Waals surface area contributed by atoms with Gasteiger partial charge in [0.25, 0.3) is 0 Å². The van der Waals surface area contributed by atoms with Gasteiger partial charge in [0.15, 0.2) is 12.4 Å². The smallest absolute Gasteiger partial charge is 0.232 e. The molecule has 0 aliphatic carbocycles. The van der Waals surface area contributed by atoms with Gasteiger partial charge in [-0.1, -0.05) is 30.3 Å². The monoisotopic (exact) mass is 432 g/mol. The van der Waals surface area contributed by atoms with Crippen LogP contribution in [0.4, 0.5) is 0 Å². The summed E-state index contributed by atoms with van der Waals surface area (Å²) in [6.07, 6.45) is 1.92. The molecular weight excluding hydrogens is 410 g/mol. The summed E-state index contributed by atoms with van der Waals surface area (Å²) >= 11 is 1.57. The number of carbonyl (C=O) groups is 1. The Morgan fingerprint density at radius 1 is 1.26 bits per heavy atom. The minimum absolute atomic E-state index is 0.0399. The van der Waals surface area contributed by atoms with Crippen molar-refractivity contribution in [2.24, 2.45) is 0 Å². The number of nitrogens with one attached hydrogen (secondary N) is 1. The Balaban J connectivity index is 1.55. The first-order valence-corrected chi connectivity index (χ1v) is 11.2. The Morgan fingerprint density at radius 3 is 2.90 bits per heavy atom. The molecule has 2 aliphatic rings. The number of fused-ring (bicyclic) bond motifs is 2. The summed E-state index contributed by atoms with van der Waals surface area (Å²) in [6, 6.07) is 18.2. The van der Waals surface area contributed by atoms with Crippen LogP contribution in [-0.2, 0) is 11.3 Å². The van der Waals surface area contributed by atoms with Crippen molar-refractivity contribution < 1.29 is 18.8 Å². The van der Waals surface area contributed by atoms with Crippen LogP contribution in [0.1, 0.15) is 23.7 Å². The van der Waals surface area contributed by atoms with Crippen LogP contribution in [0, 0.1) is 11.3 Å². The number of rotatable bonds is 4. The summed E-state index contributed by atoms with van der Waals surface area (Å²) in [5.41, 5.74) is 1.57. The molecule has 0 spiro atoms. The maximum atomic E-state index is 13.2. The topological polar surface area (TPSA) is 70.9 Å². The predicted octanol–water partition coefficient (Wildman–Crippen LogP) is 3.24. The maximum absolute atomic E-state index is 13.2. The molecule has 2 aromatic carbocycles. The second-order valence-electron chi connectivity index (χ2n) is 7.76. The fourth-order valence-electron chi connectivity index (χ4n) is 4.50. The van der Waals surface area contributed by atoms with Gasteiger partial charge in [0.2, 0.25) is 5.91 Å². The fraction of sp³-hybridized carbons (Fsp3) is 0.250. The van der Waals surface area contributed by atoms with Crippen molar-refractivity contribution in [2.75, 3.05) is 19.7 Å². The van der Waals surface area contributed by atoms with Crippen molar-refractivity contribution in [2.45, 2.75) is 18.9 Å². The zero-order chi connectivity index (χ0) is 21.4. The average molecular weight is 433 g/mol. The van der Waals surface area contributed by atoms with Gasteiger partial charge in [-0.2, -0.15) is 5.26 Å². The Bertz CT molecular complexity index is 1210. The molecule has 2 atom stereocenters. The first kappa shape index (κ1) is 19.7. The molecule has 1 unspecified atom stereocenters. The number of ether oxygens (including phenoxy) is 1. The van der Waals surface area contributed by atoms with E-state index < -0.39 is 0 Å². The normalized spacial score (nSPS) is 21.2. The largest absolute Gasteiger partial charge is 0.496 e. The predicted molar refractivity (Wildman–Crippen MR) is 118 cm³/mol. The second kappa shape index (κ2) is 8.14. The van der Waals surface area contributed by atoms with E-state index >= 15 is 0 Å². The van der Waals surface area contributed by atoms with Crippen LogP contribution >= 0.6 is 11.8 Å². The Morgan fingerprint density at radius 2 is 2.13 bits per heavy atom. The van der Waals surface area contributed by atoms with E-state index in [0.717, 1.165) is 33.0 Å². The van der Waals surface area contributed by atoms with Crippen LogP contribution in [0.5, 0.6) is 5.75 Å². The van der Waals surface area contributed by atoms with Crippen molar-refractivity contribution in [3.63, 3.8) is 0 Å². The first-order valence-electron chi connectivity index (χ1n) is 10.2. The van der Waals surface area contributed by atoms with E-state index in [-0.39, 0.29) is 18.2 Å². The average Bonchev–Trinajstić information content (AvgIpc) is 3.31. The number of thioether (sulfide) groups is 1. The molecule has 31 heavy (non-hydrogen) atoms. The molecule has 1 N–H and O–H groups in total. The van der Waals surface area contributed by atoms with Crippen molar-refractivity contribution in [1.29, 1.82) is 5.26 Å². The highest BCUT2D eigenvalue weighted by Crippen LogP contribution is 2.45. The fourth-order valence-corrected chi connectivity index (χ4v) is 5.70. The highest BCUT2D eigenvalue weighted by Gasteiger charge is 2.41. The summed E-state index contributed by atoms with van der Waals surface area (Å²) < 4.78 is 11.1. The third-order valence-electron chi connectivity index (χ3n) is 5.92. The lowest BCUT2D eigenvalue weighted by Crippen LogP contribution is -3.12. The van der Waals surface area contributed by atoms with Gasteiger partial charge in [0.1, 0.15) is 23.2 Å². The summed E-state index contributed by atoms with van der Waals surface area (Å²) in [6.45, 7) is 1.24. The molecule has 3 aromatic rings. The van der Waals surface area contributed by atoms with Crippen LogP contribution in [0.2, 0.25) is 0 Å². The minimum Gasteiger partial charge on any atom is -0.496 e. The maximum Gasteiger partial charge on any atom is 0.232 e. The van der Waals surface area contributed by atoms with Crippen molar-refractivity contribution in [3.05, 3.63) is 76.7 Å². The number of nitriles is 1. The Hall–Kier alpha value is -3.21. The number of nitrogens with zero attached hydrogens (tertiary/aromatic N) is 2. The molecule has 0 radical (unpaired) electrons. The number of hydrogen-bond donors (Lipinski definition) is 1. The number of quaternary nitrogens is 1. The van der Waals surface area contributed by atoms with Gasteiger partial charge >= 0.3 is 0 Å². The molecule has 1 fully saturated rings. The molecule has 156 valence electrons. The molecule has 0 bridgehead atoms. The lowest BCUT2D eigenvalue weighted by Gasteiger charge is -2.39. The van der Waals surface area contributed by atoms with Gasteiger partial charge in [-0.15, -0.1) is 0 Å². The van der Waals surface area contributed by atoms with E-state index in [0.29, 0.717) is 24.5 Å². The van der Waals surface area contributed by atoms with Gasteiger partial charge in [0, 0.05) is 17.9 Å². The molecule has 3 heterocycles. The zero-order valence-corrected chi connectivity index (χ0v) is 17.9. The highest BCUT2D eigenvalue weighted by atomic mass is 32.2. The number of carbonyl (C=O) groups excluding carboxylic acids is 1. The van der Waals surface area contributed by atoms with E-state index in [2.05, 4.69) is 6.07 Å². The summed E-state index contributed by atoms with van der Waals surface area (Å²) in [7, 11) is 1.63. The first-order chi connectivity index (χ1) is 15.2. The number of hydrogen-bond acceptors (Lipinski definition) is 5. The van der Waals surface area contributed by atoms with Gasteiger partial charge < -0.3 is 14.1 Å². The highest BCUT2D eigenvalue weighted by molar-refractivity contribution is 8.02. The molecule has 0 saturated carbocycles. The molecule has 1 amide bonds. The molecule has 1 aromatic heterocycles. The van der Waals surface area contributed by atoms with E-state index in [4.69, 9.17) is 9.15 Å². The quantitative estimate of drug-likeness (QED) is 0.685. The summed E-state index contributed by atoms with van der Waals surface area (Å²) in [5, 5.41) is 13.0. The van der Waals surface area contributed by atoms with Gasteiger partial charge in [-0.05, 0) is 40.7 Å². The van der Waals surface area contributed by atoms with Crippen molar-refractivity contribution >= 4 is 28.4 Å². The summed E-state index contributed by atoms with van der Waals surface area (Å²) in [5.74, 6) is 2.10. The Labute approximate surface area is 184 Å². The number of allylic oxidation sites excluding steroid dienone is 1. The lowest BCUT2D eigenvalue weighted by molar-refractivity contribution is -0.911. The SMILES string of the molecule is COc1ccc2ccccc2c1[C@@H]1CC(=O)N2C[NH+](Cc3ccco3)CSC2=C1C#N. The number of methoxy groups -OCH3 is 1. The number of benzene rings is 2. The zero-order valence-electron chi connectivity index (χ0n) is 17.1. The number of furan rings is 1. The Kier molecular flexibility index (Phi) is 5.18. The van der Waals surface area contributed by atoms with Crippen molar-refractivity contribution in [1.82, 2.24) is 4.90 Å². The number of amides is 1. The van der Waals surface area contributed by atoms with E-state index in [1.807, 2.05) is 48.5 Å². The summed E-state index contributed by atoms with van der Waals surface area (Å²) in [4.78, 5) is 16.2. The second-order valence-corrected chi connectivity index (χ2v) is 8.73. The minimum atomic E-state index is -0.316. The van der Waals surface area contributed by atoms with Gasteiger partial charge in [-0.3, -0.25) is 9.69 Å². The lowest BCUT2D eigenvalue weighted by atomic mass is 9.83. The third-order valence-corrected chi connectivity index (χ3v) is 7.19. The van der Waals surface area contributed by atoms with E-state index in [9.17, 15) is 10.1 Å². The molecule has 2 aliphatic heterocycles. The molecular formula is C24H22N3O3S+. The van der Waals surface area contributed by atoms with Crippen LogP contribution in [-0.4, -0.2) is 30.5 Å². The third kappa shape index (κ3) is 3.48. The van der Waals surface area contributed by atoms with Gasteiger partial charge in [-0.25, -0.2) is 0 Å². The van der Waals surface area contributed by atoms with E-state index in [1.165, 1.54) is 4.90 Å². The van der Waals surface area contributed by atoms with Crippen LogP contribution in [0.15, 0.2) is 69.8 Å². The van der Waals surface area contributed by atoms with Crippen molar-refractivity contribution in [3.8, 4) is 11.8 Å². The van der Waals surface area contributed by atoms with Crippen LogP contribution in [0.25, 0.3) is 10.8 Å². The molecule has 5 rings (SSSR count). The molecule has 7 heteroatoms. The molecule has 6 nitrogen and oxygen atoms in total. The standard InChI is InChI=1S/C24H21N3O3S/c1-29-21-9-8-16-5-2-3-7-18(16)23(21)19-11-22(28)27-14-26(13-17-6-4-10-30-17)15-31-24(27)20(19)12-25/h2-10,19H,11,13-15H2,1H3/p+1/t19-/m1/s1. The van der Waals surface area contributed by atoms with Crippen LogP contribution in [0.3, 0.4) is 0 Å². The van der Waals surface area contributed by atoms with Crippen LogP contribution < -0.4 is 9.64 Å². The molecule has 1 saturated heterocycles.